The van der Waals surface area contributed by atoms with Crippen molar-refractivity contribution in [1.29, 1.82) is 5.26 Å². The van der Waals surface area contributed by atoms with Crippen LogP contribution in [0, 0.1) is 17.1 Å². The molecule has 0 N–H and O–H groups in total. The SMILES string of the molecule is N#Cc1cnc2c(oc3c(-c4cc(F)ccn4)cccc32)c1-c1ccc(-c2ccccc2)cc1. The van der Waals surface area contributed by atoms with Crippen LogP contribution in [0.15, 0.2) is 102 Å². The smallest absolute Gasteiger partial charge is 0.163 e. The highest BCUT2D eigenvalue weighted by Gasteiger charge is 2.20. The van der Waals surface area contributed by atoms with Crippen LogP contribution in [0.25, 0.3) is 55.6 Å². The van der Waals surface area contributed by atoms with Gasteiger partial charge in [-0.05, 0) is 34.9 Å². The standard InChI is InChI=1S/C29H16FN3O/c30-22-13-14-32-25(15-22)23-7-4-8-24-27-29(34-28(23)24)26(21(16-31)17-33-27)20-11-9-19(10-12-20)18-5-2-1-3-6-18/h1-15,17H. The van der Waals surface area contributed by atoms with E-state index in [4.69, 9.17) is 4.42 Å². The van der Waals surface area contributed by atoms with Crippen LogP contribution in [0.1, 0.15) is 5.56 Å². The van der Waals surface area contributed by atoms with Crippen molar-refractivity contribution >= 4 is 22.1 Å². The molecule has 0 saturated heterocycles. The van der Waals surface area contributed by atoms with E-state index in [1.807, 2.05) is 60.7 Å². The molecule has 3 aromatic heterocycles. The Hall–Kier alpha value is -4.82. The second-order valence-electron chi connectivity index (χ2n) is 7.92. The maximum atomic E-state index is 13.9. The van der Waals surface area contributed by atoms with Gasteiger partial charge in [0.2, 0.25) is 0 Å². The molecular formula is C29H16FN3O. The molecule has 0 amide bonds. The summed E-state index contributed by atoms with van der Waals surface area (Å²) in [6.07, 6.45) is 3.00. The number of benzene rings is 3. The minimum Gasteiger partial charge on any atom is -0.453 e. The summed E-state index contributed by atoms with van der Waals surface area (Å²) in [6.45, 7) is 0. The van der Waals surface area contributed by atoms with Gasteiger partial charge in [-0.2, -0.15) is 5.26 Å². The summed E-state index contributed by atoms with van der Waals surface area (Å²) in [7, 11) is 0. The Balaban J connectivity index is 1.58. The third-order valence-corrected chi connectivity index (χ3v) is 5.91. The number of nitriles is 1. The van der Waals surface area contributed by atoms with Gasteiger partial charge in [-0.3, -0.25) is 9.97 Å². The fourth-order valence-corrected chi connectivity index (χ4v) is 4.30. The topological polar surface area (TPSA) is 62.7 Å². The molecular weight excluding hydrogens is 425 g/mol. The van der Waals surface area contributed by atoms with Gasteiger partial charge in [-0.1, -0.05) is 60.7 Å². The first-order valence-electron chi connectivity index (χ1n) is 10.7. The third-order valence-electron chi connectivity index (χ3n) is 5.91. The van der Waals surface area contributed by atoms with Crippen molar-refractivity contribution in [1.82, 2.24) is 9.97 Å². The maximum Gasteiger partial charge on any atom is 0.163 e. The first-order valence-corrected chi connectivity index (χ1v) is 10.7. The van der Waals surface area contributed by atoms with E-state index in [0.717, 1.165) is 22.1 Å². The van der Waals surface area contributed by atoms with E-state index < -0.39 is 0 Å². The number of halogens is 1. The molecule has 0 atom stereocenters. The molecule has 0 aliphatic rings. The molecule has 0 spiro atoms. The summed E-state index contributed by atoms with van der Waals surface area (Å²) < 4.78 is 20.2. The van der Waals surface area contributed by atoms with Crippen LogP contribution in [0.4, 0.5) is 4.39 Å². The predicted octanol–water partition coefficient (Wildman–Crippen LogP) is 7.39. The number of aromatic nitrogens is 2. The lowest BCUT2D eigenvalue weighted by atomic mass is 9.97. The number of furan rings is 1. The van der Waals surface area contributed by atoms with Gasteiger partial charge in [0.15, 0.2) is 5.58 Å². The first-order chi connectivity index (χ1) is 16.7. The van der Waals surface area contributed by atoms with Gasteiger partial charge in [-0.15, -0.1) is 0 Å². The van der Waals surface area contributed by atoms with Gasteiger partial charge >= 0.3 is 0 Å². The number of para-hydroxylation sites is 1. The average molecular weight is 441 g/mol. The molecule has 0 fully saturated rings. The van der Waals surface area contributed by atoms with Crippen molar-refractivity contribution < 1.29 is 8.81 Å². The quantitative estimate of drug-likeness (QED) is 0.287. The van der Waals surface area contributed by atoms with Crippen molar-refractivity contribution in [2.75, 3.05) is 0 Å². The molecule has 4 nitrogen and oxygen atoms in total. The molecule has 0 unspecified atom stereocenters. The number of fused-ring (bicyclic) bond motifs is 3. The average Bonchev–Trinajstić information content (AvgIpc) is 3.27. The zero-order valence-corrected chi connectivity index (χ0v) is 17.9. The van der Waals surface area contributed by atoms with Crippen LogP contribution < -0.4 is 0 Å². The minimum atomic E-state index is -0.373. The maximum absolute atomic E-state index is 13.9. The van der Waals surface area contributed by atoms with E-state index in [-0.39, 0.29) is 5.82 Å². The zero-order chi connectivity index (χ0) is 23.1. The van der Waals surface area contributed by atoms with E-state index in [0.29, 0.717) is 39.1 Å². The van der Waals surface area contributed by atoms with Gasteiger partial charge in [0, 0.05) is 35.0 Å². The Morgan fingerprint density at radius 1 is 0.765 bits per heavy atom. The lowest BCUT2D eigenvalue weighted by Gasteiger charge is -2.07. The number of nitrogens with zero attached hydrogens (tertiary/aromatic N) is 3. The van der Waals surface area contributed by atoms with Gasteiger partial charge < -0.3 is 4.42 Å². The monoisotopic (exact) mass is 441 g/mol. The summed E-state index contributed by atoms with van der Waals surface area (Å²) in [5.74, 6) is -0.373. The van der Waals surface area contributed by atoms with Crippen molar-refractivity contribution in [3.8, 4) is 39.6 Å². The fourth-order valence-electron chi connectivity index (χ4n) is 4.30. The van der Waals surface area contributed by atoms with Gasteiger partial charge in [0.05, 0.1) is 11.3 Å². The molecule has 3 heterocycles. The number of pyridine rings is 2. The second kappa shape index (κ2) is 7.95. The Morgan fingerprint density at radius 3 is 2.29 bits per heavy atom. The van der Waals surface area contributed by atoms with Crippen molar-refractivity contribution in [2.45, 2.75) is 0 Å². The molecule has 0 bridgehead atoms. The summed E-state index contributed by atoms with van der Waals surface area (Å²) in [5, 5.41) is 10.6. The van der Waals surface area contributed by atoms with E-state index in [9.17, 15) is 9.65 Å². The normalized spacial score (nSPS) is 11.1. The van der Waals surface area contributed by atoms with E-state index in [2.05, 4.69) is 28.2 Å². The van der Waals surface area contributed by atoms with E-state index >= 15 is 0 Å². The molecule has 34 heavy (non-hydrogen) atoms. The Bertz CT molecular complexity index is 1720. The van der Waals surface area contributed by atoms with Crippen LogP contribution in [0.5, 0.6) is 0 Å². The second-order valence-corrected chi connectivity index (χ2v) is 7.92. The van der Waals surface area contributed by atoms with Crippen molar-refractivity contribution in [3.63, 3.8) is 0 Å². The molecule has 160 valence electrons. The van der Waals surface area contributed by atoms with Crippen LogP contribution in [0.2, 0.25) is 0 Å². The third kappa shape index (κ3) is 3.21. The molecule has 6 rings (SSSR count). The zero-order valence-electron chi connectivity index (χ0n) is 17.9. The highest BCUT2D eigenvalue weighted by atomic mass is 19.1. The number of hydrogen-bond donors (Lipinski definition) is 0. The summed E-state index contributed by atoms with van der Waals surface area (Å²) >= 11 is 0. The van der Waals surface area contributed by atoms with Crippen LogP contribution in [-0.4, -0.2) is 9.97 Å². The Labute approximate surface area is 194 Å². The number of rotatable bonds is 3. The first kappa shape index (κ1) is 19.8. The van der Waals surface area contributed by atoms with Crippen LogP contribution in [-0.2, 0) is 0 Å². The highest BCUT2D eigenvalue weighted by Crippen LogP contribution is 2.40. The molecule has 0 aliphatic heterocycles. The Morgan fingerprint density at radius 2 is 1.53 bits per heavy atom. The molecule has 0 saturated carbocycles. The van der Waals surface area contributed by atoms with Crippen LogP contribution >= 0.6 is 0 Å². The van der Waals surface area contributed by atoms with Gasteiger partial charge in [0.1, 0.15) is 23.0 Å². The molecule has 3 aromatic carbocycles. The van der Waals surface area contributed by atoms with Crippen molar-refractivity contribution in [2.24, 2.45) is 0 Å². The molecule has 0 radical (unpaired) electrons. The lowest BCUT2D eigenvalue weighted by molar-refractivity contribution is 0.626. The molecule has 6 aromatic rings. The van der Waals surface area contributed by atoms with Gasteiger partial charge in [0.25, 0.3) is 0 Å². The minimum absolute atomic E-state index is 0.373. The Kier molecular flexibility index (Phi) is 4.64. The summed E-state index contributed by atoms with van der Waals surface area (Å²) in [5.41, 5.74) is 7.01. The summed E-state index contributed by atoms with van der Waals surface area (Å²) in [6, 6.07) is 28.7. The highest BCUT2D eigenvalue weighted by molar-refractivity contribution is 6.11. The lowest BCUT2D eigenvalue weighted by Crippen LogP contribution is -1.88. The van der Waals surface area contributed by atoms with Crippen LogP contribution in [0.3, 0.4) is 0 Å². The largest absolute Gasteiger partial charge is 0.453 e. The van der Waals surface area contributed by atoms with E-state index in [1.165, 1.54) is 18.3 Å². The molecule has 0 aliphatic carbocycles. The van der Waals surface area contributed by atoms with E-state index in [1.54, 1.807) is 6.20 Å². The predicted molar refractivity (Wildman–Crippen MR) is 130 cm³/mol. The molecule has 5 heteroatoms. The summed E-state index contributed by atoms with van der Waals surface area (Å²) in [4.78, 5) is 8.84. The van der Waals surface area contributed by atoms with Crippen molar-refractivity contribution in [3.05, 3.63) is 109 Å². The number of hydrogen-bond acceptors (Lipinski definition) is 4. The van der Waals surface area contributed by atoms with Gasteiger partial charge in [-0.25, -0.2) is 4.39 Å². The fraction of sp³-hybridized carbons (Fsp3) is 0.